The van der Waals surface area contributed by atoms with Crippen molar-refractivity contribution in [2.75, 3.05) is 0 Å². The van der Waals surface area contributed by atoms with Gasteiger partial charge in [0.05, 0.1) is 11.2 Å². The Bertz CT molecular complexity index is 642. The highest BCUT2D eigenvalue weighted by Gasteiger charge is 2.52. The minimum Gasteiger partial charge on any atom is -0.399 e. The van der Waals surface area contributed by atoms with Crippen LogP contribution in [-0.4, -0.2) is 22.9 Å². The van der Waals surface area contributed by atoms with Crippen LogP contribution >= 0.6 is 0 Å². The number of aryl methyl sites for hydroxylation is 1. The average Bonchev–Trinajstić information content (AvgIpc) is 2.88. The van der Waals surface area contributed by atoms with Crippen LogP contribution in [0.15, 0.2) is 17.1 Å². The van der Waals surface area contributed by atoms with E-state index in [9.17, 15) is 4.79 Å². The Morgan fingerprint density at radius 2 is 1.80 bits per heavy atom. The molecule has 1 aromatic heterocycles. The molecule has 106 valence electrons. The van der Waals surface area contributed by atoms with E-state index in [1.165, 1.54) is 0 Å². The van der Waals surface area contributed by atoms with Crippen molar-refractivity contribution in [1.82, 2.24) is 4.57 Å². The molecule has 0 N–H and O–H groups in total. The van der Waals surface area contributed by atoms with Crippen LogP contribution in [0.25, 0.3) is 6.08 Å². The molecule has 20 heavy (non-hydrogen) atoms. The molecule has 2 heterocycles. The molecule has 0 unspecified atom stereocenters. The first-order valence-corrected chi connectivity index (χ1v) is 6.97. The summed E-state index contributed by atoms with van der Waals surface area (Å²) in [5, 5.41) is 0. The lowest BCUT2D eigenvalue weighted by Crippen LogP contribution is -2.41. The Kier molecular flexibility index (Phi) is 2.79. The molecule has 0 radical (unpaired) electrons. The van der Waals surface area contributed by atoms with E-state index in [1.807, 2.05) is 46.0 Å². The monoisotopic (exact) mass is 273 g/mol. The molecule has 5 heteroatoms. The predicted molar refractivity (Wildman–Crippen MR) is 80.1 cm³/mol. The molecule has 1 aliphatic heterocycles. The van der Waals surface area contributed by atoms with Crippen molar-refractivity contribution in [3.05, 3.63) is 33.8 Å². The van der Waals surface area contributed by atoms with Gasteiger partial charge in [0.1, 0.15) is 0 Å². The van der Waals surface area contributed by atoms with Crippen LogP contribution in [0.5, 0.6) is 0 Å². The van der Waals surface area contributed by atoms with Gasteiger partial charge in [0.15, 0.2) is 0 Å². The molecular weight excluding hydrogens is 253 g/mol. The Balaban J connectivity index is 2.10. The summed E-state index contributed by atoms with van der Waals surface area (Å²) in [7, 11) is 1.35. The molecule has 2 aliphatic rings. The minimum atomic E-state index is -0.428. The van der Waals surface area contributed by atoms with Gasteiger partial charge in [0.2, 0.25) is 0 Å². The van der Waals surface area contributed by atoms with Gasteiger partial charge in [0, 0.05) is 24.3 Å². The lowest BCUT2D eigenvalue weighted by atomic mass is 9.76. The van der Waals surface area contributed by atoms with Crippen molar-refractivity contribution in [2.45, 2.75) is 45.3 Å². The first-order chi connectivity index (χ1) is 9.23. The summed E-state index contributed by atoms with van der Waals surface area (Å²) in [4.78, 5) is 12.1. The molecule has 0 bridgehead atoms. The van der Waals surface area contributed by atoms with Gasteiger partial charge in [-0.1, -0.05) is 12.2 Å². The van der Waals surface area contributed by atoms with Gasteiger partial charge in [-0.15, -0.1) is 0 Å². The zero-order chi connectivity index (χ0) is 14.7. The van der Waals surface area contributed by atoms with Gasteiger partial charge in [-0.25, -0.2) is 0 Å². The van der Waals surface area contributed by atoms with E-state index in [0.717, 1.165) is 16.6 Å². The second kappa shape index (κ2) is 4.09. The SMILES string of the molecule is Cn1cc(B2OC(C)(C)C(C)(C)O2)c2c(c1=O)CC=C2. The summed E-state index contributed by atoms with van der Waals surface area (Å²) in [6.45, 7) is 8.13. The maximum atomic E-state index is 12.1. The van der Waals surface area contributed by atoms with E-state index in [-0.39, 0.29) is 16.8 Å². The average molecular weight is 273 g/mol. The van der Waals surface area contributed by atoms with Crippen molar-refractivity contribution >= 4 is 18.7 Å². The number of pyridine rings is 1. The number of fused-ring (bicyclic) bond motifs is 1. The van der Waals surface area contributed by atoms with Crippen molar-refractivity contribution in [3.8, 4) is 0 Å². The molecule has 0 atom stereocenters. The highest BCUT2D eigenvalue weighted by Crippen LogP contribution is 2.37. The van der Waals surface area contributed by atoms with Crippen molar-refractivity contribution in [3.63, 3.8) is 0 Å². The molecular formula is C15H20BNO3. The molecule has 1 aliphatic carbocycles. The molecule has 4 nitrogen and oxygen atoms in total. The van der Waals surface area contributed by atoms with Crippen molar-refractivity contribution < 1.29 is 9.31 Å². The fourth-order valence-electron chi connectivity index (χ4n) is 2.69. The fraction of sp³-hybridized carbons (Fsp3) is 0.533. The Morgan fingerprint density at radius 1 is 1.20 bits per heavy atom. The minimum absolute atomic E-state index is 0.0604. The Morgan fingerprint density at radius 3 is 2.40 bits per heavy atom. The van der Waals surface area contributed by atoms with Crippen LogP contribution in [0.2, 0.25) is 0 Å². The second-order valence-corrected chi connectivity index (χ2v) is 6.59. The topological polar surface area (TPSA) is 40.5 Å². The standard InChI is InChI=1S/C15H20BNO3/c1-14(2)15(3,4)20-16(19-14)12-9-17(5)13(18)11-8-6-7-10(11)12/h6-7,9H,8H2,1-5H3. The summed E-state index contributed by atoms with van der Waals surface area (Å²) < 4.78 is 13.8. The maximum absolute atomic E-state index is 12.1. The third-order valence-electron chi connectivity index (χ3n) is 4.66. The van der Waals surface area contributed by atoms with E-state index >= 15 is 0 Å². The molecule has 0 amide bonds. The van der Waals surface area contributed by atoms with Crippen LogP contribution in [0.3, 0.4) is 0 Å². The number of rotatable bonds is 1. The molecule has 1 fully saturated rings. The smallest absolute Gasteiger partial charge is 0.399 e. The zero-order valence-electron chi connectivity index (χ0n) is 12.7. The Labute approximate surface area is 119 Å². The summed E-state index contributed by atoms with van der Waals surface area (Å²) in [6.07, 6.45) is 6.53. The lowest BCUT2D eigenvalue weighted by molar-refractivity contribution is 0.00578. The van der Waals surface area contributed by atoms with Crippen LogP contribution in [-0.2, 0) is 22.8 Å². The number of hydrogen-bond acceptors (Lipinski definition) is 3. The van der Waals surface area contributed by atoms with E-state index in [4.69, 9.17) is 9.31 Å². The van der Waals surface area contributed by atoms with E-state index in [2.05, 4.69) is 0 Å². The van der Waals surface area contributed by atoms with Crippen LogP contribution in [0, 0.1) is 0 Å². The van der Waals surface area contributed by atoms with E-state index in [1.54, 1.807) is 11.6 Å². The quantitative estimate of drug-likeness (QED) is 0.723. The van der Waals surface area contributed by atoms with Gasteiger partial charge < -0.3 is 13.9 Å². The fourth-order valence-corrected chi connectivity index (χ4v) is 2.69. The van der Waals surface area contributed by atoms with Crippen molar-refractivity contribution in [2.24, 2.45) is 7.05 Å². The normalized spacial score (nSPS) is 22.4. The van der Waals surface area contributed by atoms with Gasteiger partial charge in [0.25, 0.3) is 5.56 Å². The third-order valence-corrected chi connectivity index (χ3v) is 4.66. The molecule has 1 saturated heterocycles. The maximum Gasteiger partial charge on any atom is 0.496 e. The van der Waals surface area contributed by atoms with Gasteiger partial charge in [-0.3, -0.25) is 4.79 Å². The number of nitrogens with zero attached hydrogens (tertiary/aromatic N) is 1. The first kappa shape index (κ1) is 13.6. The van der Waals surface area contributed by atoms with Gasteiger partial charge in [-0.05, 0) is 39.7 Å². The van der Waals surface area contributed by atoms with Gasteiger partial charge >= 0.3 is 7.12 Å². The molecule has 3 rings (SSSR count). The molecule has 0 spiro atoms. The van der Waals surface area contributed by atoms with E-state index < -0.39 is 7.12 Å². The largest absolute Gasteiger partial charge is 0.496 e. The van der Waals surface area contributed by atoms with E-state index in [0.29, 0.717) is 6.42 Å². The predicted octanol–water partition coefficient (Wildman–Crippen LogP) is 1.25. The second-order valence-electron chi connectivity index (χ2n) is 6.59. The van der Waals surface area contributed by atoms with Crippen LogP contribution in [0.1, 0.15) is 38.8 Å². The van der Waals surface area contributed by atoms with Crippen molar-refractivity contribution in [1.29, 1.82) is 0 Å². The number of allylic oxidation sites excluding steroid dienone is 1. The number of hydrogen-bond donors (Lipinski definition) is 0. The molecule has 0 aromatic carbocycles. The highest BCUT2D eigenvalue weighted by atomic mass is 16.7. The molecule has 0 saturated carbocycles. The van der Waals surface area contributed by atoms with Gasteiger partial charge in [-0.2, -0.15) is 0 Å². The third kappa shape index (κ3) is 1.80. The lowest BCUT2D eigenvalue weighted by Gasteiger charge is -2.32. The summed E-state index contributed by atoms with van der Waals surface area (Å²) >= 11 is 0. The highest BCUT2D eigenvalue weighted by molar-refractivity contribution is 6.63. The van der Waals surface area contributed by atoms with Crippen LogP contribution < -0.4 is 11.0 Å². The summed E-state index contributed by atoms with van der Waals surface area (Å²) in [5.41, 5.74) is 2.05. The van der Waals surface area contributed by atoms with Crippen LogP contribution in [0.4, 0.5) is 0 Å². The molecule has 1 aromatic rings. The number of aromatic nitrogens is 1. The summed E-state index contributed by atoms with van der Waals surface area (Å²) in [6, 6.07) is 0. The first-order valence-electron chi connectivity index (χ1n) is 6.97. The Hall–Kier alpha value is -1.33. The zero-order valence-corrected chi connectivity index (χ0v) is 12.7. The summed E-state index contributed by atoms with van der Waals surface area (Å²) in [5.74, 6) is 0.